The second-order valence-corrected chi connectivity index (χ2v) is 3.42. The Labute approximate surface area is 91.4 Å². The van der Waals surface area contributed by atoms with Crippen molar-refractivity contribution in [3.63, 3.8) is 0 Å². The average molecular weight is 231 g/mol. The zero-order valence-corrected chi connectivity index (χ0v) is 8.67. The third-order valence-corrected chi connectivity index (χ3v) is 1.96. The number of carboxylic acid groups (broad SMARTS) is 1. The van der Waals surface area contributed by atoms with E-state index in [4.69, 9.17) is 16.7 Å². The molecule has 0 aromatic carbocycles. The van der Waals surface area contributed by atoms with Crippen LogP contribution >= 0.6 is 11.6 Å². The fourth-order valence-corrected chi connectivity index (χ4v) is 1.20. The number of aliphatic carboxylic acids is 1. The lowest BCUT2D eigenvalue weighted by Gasteiger charge is -2.01. The summed E-state index contributed by atoms with van der Waals surface area (Å²) in [5, 5.41) is 11.4. The predicted octanol–water partition coefficient (Wildman–Crippen LogP) is 1.26. The third-order valence-electron chi connectivity index (χ3n) is 1.75. The summed E-state index contributed by atoms with van der Waals surface area (Å²) in [6, 6.07) is 1.51. The Morgan fingerprint density at radius 3 is 2.80 bits per heavy atom. The molecule has 0 unspecified atom stereocenters. The second kappa shape index (κ2) is 5.41. The van der Waals surface area contributed by atoms with Crippen molar-refractivity contribution < 1.29 is 14.7 Å². The lowest BCUT2D eigenvalue weighted by molar-refractivity contribution is -0.137. The monoisotopic (exact) mass is 230 g/mol. The highest BCUT2D eigenvalue weighted by Crippen LogP contribution is 2.08. The molecule has 1 aromatic heterocycles. The molecule has 0 bridgehead atoms. The molecule has 0 aliphatic carbocycles. The van der Waals surface area contributed by atoms with Gasteiger partial charge in [0.2, 0.25) is 0 Å². The molecule has 0 atom stereocenters. The molecule has 1 aromatic rings. The van der Waals surface area contributed by atoms with E-state index in [-0.39, 0.29) is 12.3 Å². The van der Waals surface area contributed by atoms with E-state index < -0.39 is 5.97 Å². The number of aromatic amines is 1. The van der Waals surface area contributed by atoms with Crippen LogP contribution in [0.1, 0.15) is 23.3 Å². The van der Waals surface area contributed by atoms with Crippen molar-refractivity contribution >= 4 is 23.5 Å². The van der Waals surface area contributed by atoms with Gasteiger partial charge in [0, 0.05) is 19.2 Å². The molecule has 3 N–H and O–H groups in total. The number of aromatic nitrogens is 1. The normalized spacial score (nSPS) is 9.93. The SMILES string of the molecule is O=C(O)CCCNC(=O)c1cc(Cl)c[nH]1. The van der Waals surface area contributed by atoms with Crippen molar-refractivity contribution in [2.45, 2.75) is 12.8 Å². The molecule has 0 radical (unpaired) electrons. The Morgan fingerprint density at radius 2 is 2.27 bits per heavy atom. The molecule has 1 amide bonds. The molecule has 0 saturated carbocycles. The van der Waals surface area contributed by atoms with E-state index in [0.29, 0.717) is 23.7 Å². The van der Waals surface area contributed by atoms with Crippen LogP contribution in [0.2, 0.25) is 5.02 Å². The summed E-state index contributed by atoms with van der Waals surface area (Å²) in [6.07, 6.45) is 1.97. The zero-order chi connectivity index (χ0) is 11.3. The van der Waals surface area contributed by atoms with Crippen molar-refractivity contribution in [2.75, 3.05) is 6.54 Å². The number of hydrogen-bond donors (Lipinski definition) is 3. The van der Waals surface area contributed by atoms with Gasteiger partial charge in [0.05, 0.1) is 5.02 Å². The van der Waals surface area contributed by atoms with Gasteiger partial charge in [-0.1, -0.05) is 11.6 Å². The first kappa shape index (κ1) is 11.6. The fourth-order valence-electron chi connectivity index (χ4n) is 1.04. The smallest absolute Gasteiger partial charge is 0.303 e. The highest BCUT2D eigenvalue weighted by molar-refractivity contribution is 6.30. The standard InChI is InChI=1S/C9H11ClN2O3/c10-6-4-7(12-5-6)9(15)11-3-1-2-8(13)14/h4-5,12H,1-3H2,(H,11,15)(H,13,14). The van der Waals surface area contributed by atoms with Gasteiger partial charge in [-0.3, -0.25) is 9.59 Å². The van der Waals surface area contributed by atoms with Gasteiger partial charge in [0.1, 0.15) is 5.69 Å². The minimum Gasteiger partial charge on any atom is -0.481 e. The Hall–Kier alpha value is -1.49. The molecule has 5 nitrogen and oxygen atoms in total. The summed E-state index contributed by atoms with van der Waals surface area (Å²) in [5.41, 5.74) is 0.371. The number of carbonyl (C=O) groups is 2. The van der Waals surface area contributed by atoms with Crippen LogP contribution in [0.5, 0.6) is 0 Å². The van der Waals surface area contributed by atoms with Crippen LogP contribution in [0.3, 0.4) is 0 Å². The summed E-state index contributed by atoms with van der Waals surface area (Å²) in [5.74, 6) is -1.15. The first-order valence-corrected chi connectivity index (χ1v) is 4.81. The van der Waals surface area contributed by atoms with Crippen molar-refractivity contribution in [2.24, 2.45) is 0 Å². The molecule has 0 aliphatic heterocycles. The number of hydrogen-bond acceptors (Lipinski definition) is 2. The van der Waals surface area contributed by atoms with E-state index in [1.54, 1.807) is 0 Å². The van der Waals surface area contributed by atoms with E-state index in [0.717, 1.165) is 0 Å². The lowest BCUT2D eigenvalue weighted by atomic mass is 10.3. The predicted molar refractivity (Wildman–Crippen MR) is 55.0 cm³/mol. The van der Waals surface area contributed by atoms with Crippen molar-refractivity contribution in [3.05, 3.63) is 23.0 Å². The van der Waals surface area contributed by atoms with Gasteiger partial charge in [0.25, 0.3) is 5.91 Å². The number of H-pyrrole nitrogens is 1. The van der Waals surface area contributed by atoms with E-state index in [9.17, 15) is 9.59 Å². The van der Waals surface area contributed by atoms with Crippen LogP contribution in [0.15, 0.2) is 12.3 Å². The Bertz CT molecular complexity index is 362. The molecular weight excluding hydrogens is 220 g/mol. The van der Waals surface area contributed by atoms with E-state index in [2.05, 4.69) is 10.3 Å². The van der Waals surface area contributed by atoms with E-state index in [1.807, 2.05) is 0 Å². The Kier molecular flexibility index (Phi) is 4.17. The van der Waals surface area contributed by atoms with Crippen molar-refractivity contribution in [1.29, 1.82) is 0 Å². The van der Waals surface area contributed by atoms with Gasteiger partial charge in [-0.25, -0.2) is 0 Å². The lowest BCUT2D eigenvalue weighted by Crippen LogP contribution is -2.25. The van der Waals surface area contributed by atoms with Gasteiger partial charge in [-0.05, 0) is 12.5 Å². The topological polar surface area (TPSA) is 82.2 Å². The van der Waals surface area contributed by atoms with Gasteiger partial charge in [-0.15, -0.1) is 0 Å². The van der Waals surface area contributed by atoms with Crippen molar-refractivity contribution in [3.8, 4) is 0 Å². The number of nitrogens with one attached hydrogen (secondary N) is 2. The van der Waals surface area contributed by atoms with Crippen LogP contribution in [0, 0.1) is 0 Å². The van der Waals surface area contributed by atoms with Crippen molar-refractivity contribution in [1.82, 2.24) is 10.3 Å². The van der Waals surface area contributed by atoms with Gasteiger partial charge < -0.3 is 15.4 Å². The number of amides is 1. The number of carbonyl (C=O) groups excluding carboxylic acids is 1. The Balaban J connectivity index is 2.28. The summed E-state index contributed by atoms with van der Waals surface area (Å²) in [7, 11) is 0. The first-order valence-electron chi connectivity index (χ1n) is 4.43. The highest BCUT2D eigenvalue weighted by atomic mass is 35.5. The Morgan fingerprint density at radius 1 is 1.53 bits per heavy atom. The minimum absolute atomic E-state index is 0.0474. The maximum absolute atomic E-state index is 11.4. The molecule has 0 fully saturated rings. The maximum atomic E-state index is 11.4. The summed E-state index contributed by atoms with van der Waals surface area (Å²) >= 11 is 5.62. The van der Waals surface area contributed by atoms with Crippen LogP contribution in [-0.4, -0.2) is 28.5 Å². The molecule has 6 heteroatoms. The largest absolute Gasteiger partial charge is 0.481 e. The van der Waals surface area contributed by atoms with Crippen LogP contribution < -0.4 is 5.32 Å². The number of rotatable bonds is 5. The van der Waals surface area contributed by atoms with E-state index in [1.165, 1.54) is 12.3 Å². The molecular formula is C9H11ClN2O3. The molecule has 1 heterocycles. The minimum atomic E-state index is -0.868. The van der Waals surface area contributed by atoms with Gasteiger partial charge >= 0.3 is 5.97 Å². The first-order chi connectivity index (χ1) is 7.09. The quantitative estimate of drug-likeness (QED) is 0.666. The second-order valence-electron chi connectivity index (χ2n) is 2.98. The van der Waals surface area contributed by atoms with Crippen LogP contribution in [0.4, 0.5) is 0 Å². The van der Waals surface area contributed by atoms with E-state index >= 15 is 0 Å². The average Bonchev–Trinajstić information content (AvgIpc) is 2.59. The van der Waals surface area contributed by atoms with Gasteiger partial charge in [-0.2, -0.15) is 0 Å². The molecule has 0 spiro atoms. The summed E-state index contributed by atoms with van der Waals surface area (Å²) < 4.78 is 0. The number of halogens is 1. The summed E-state index contributed by atoms with van der Waals surface area (Å²) in [4.78, 5) is 24.2. The fraction of sp³-hybridized carbons (Fsp3) is 0.333. The summed E-state index contributed by atoms with van der Waals surface area (Å²) in [6.45, 7) is 0.335. The van der Waals surface area contributed by atoms with Gasteiger partial charge in [0.15, 0.2) is 0 Å². The zero-order valence-electron chi connectivity index (χ0n) is 7.92. The molecule has 15 heavy (non-hydrogen) atoms. The van der Waals surface area contributed by atoms with Crippen LogP contribution in [0.25, 0.3) is 0 Å². The maximum Gasteiger partial charge on any atom is 0.303 e. The molecule has 0 saturated heterocycles. The number of carboxylic acids is 1. The van der Waals surface area contributed by atoms with Crippen LogP contribution in [-0.2, 0) is 4.79 Å². The molecule has 0 aliphatic rings. The third kappa shape index (κ3) is 4.03. The highest BCUT2D eigenvalue weighted by Gasteiger charge is 2.06. The molecule has 82 valence electrons. The molecule has 1 rings (SSSR count).